The topological polar surface area (TPSA) is 84.9 Å². The van der Waals surface area contributed by atoms with Crippen molar-refractivity contribution in [2.24, 2.45) is 5.41 Å². The van der Waals surface area contributed by atoms with E-state index >= 15 is 0 Å². The van der Waals surface area contributed by atoms with Crippen LogP contribution in [0.5, 0.6) is 5.75 Å². The number of carboxylic acid groups (broad SMARTS) is 1. The molecule has 0 unspecified atom stereocenters. The van der Waals surface area contributed by atoms with E-state index in [9.17, 15) is 14.7 Å². The lowest BCUT2D eigenvalue weighted by atomic mass is 9.80. The minimum atomic E-state index is -0.938. The smallest absolute Gasteiger partial charge is 0.311 e. The van der Waals surface area contributed by atoms with Crippen LogP contribution in [0.15, 0.2) is 24.3 Å². The first-order valence-corrected chi connectivity index (χ1v) is 8.23. The van der Waals surface area contributed by atoms with Gasteiger partial charge in [-0.15, -0.1) is 0 Å². The summed E-state index contributed by atoms with van der Waals surface area (Å²) in [5.74, 6) is -0.158. The SMILES string of the molecule is CC(C)c1ccc(OCC(=O)NCC2(C(=O)O)CCOCC2)cc1. The van der Waals surface area contributed by atoms with Gasteiger partial charge in [0.2, 0.25) is 0 Å². The average molecular weight is 335 g/mol. The molecule has 0 atom stereocenters. The largest absolute Gasteiger partial charge is 0.484 e. The zero-order valence-corrected chi connectivity index (χ0v) is 14.2. The highest BCUT2D eigenvalue weighted by atomic mass is 16.5. The molecule has 1 aromatic rings. The van der Waals surface area contributed by atoms with Crippen molar-refractivity contribution in [3.63, 3.8) is 0 Å². The Morgan fingerprint density at radius 2 is 1.88 bits per heavy atom. The average Bonchev–Trinajstić information content (AvgIpc) is 2.59. The van der Waals surface area contributed by atoms with E-state index in [-0.39, 0.29) is 19.1 Å². The third-order valence-electron chi connectivity index (χ3n) is 4.44. The molecule has 2 N–H and O–H groups in total. The quantitative estimate of drug-likeness (QED) is 0.798. The van der Waals surface area contributed by atoms with E-state index < -0.39 is 11.4 Å². The summed E-state index contributed by atoms with van der Waals surface area (Å²) in [5, 5.41) is 12.1. The summed E-state index contributed by atoms with van der Waals surface area (Å²) < 4.78 is 10.7. The summed E-state index contributed by atoms with van der Waals surface area (Å²) in [6, 6.07) is 7.61. The molecule has 24 heavy (non-hydrogen) atoms. The van der Waals surface area contributed by atoms with Gasteiger partial charge in [-0.1, -0.05) is 26.0 Å². The highest BCUT2D eigenvalue weighted by Gasteiger charge is 2.40. The number of hydrogen-bond donors (Lipinski definition) is 2. The number of benzene rings is 1. The van der Waals surface area contributed by atoms with Crippen molar-refractivity contribution in [1.29, 1.82) is 0 Å². The number of amides is 1. The van der Waals surface area contributed by atoms with Crippen LogP contribution in [0.2, 0.25) is 0 Å². The molecule has 1 aliphatic heterocycles. The van der Waals surface area contributed by atoms with E-state index in [4.69, 9.17) is 9.47 Å². The molecule has 0 saturated carbocycles. The molecule has 0 aliphatic carbocycles. The van der Waals surface area contributed by atoms with Gasteiger partial charge < -0.3 is 19.9 Å². The Bertz CT molecular complexity index is 561. The summed E-state index contributed by atoms with van der Waals surface area (Å²) in [5.41, 5.74) is 0.266. The lowest BCUT2D eigenvalue weighted by molar-refractivity contribution is -0.154. The van der Waals surface area contributed by atoms with Crippen LogP contribution in [-0.4, -0.2) is 43.3 Å². The molecule has 1 aliphatic rings. The lowest BCUT2D eigenvalue weighted by Crippen LogP contribution is -2.47. The maximum absolute atomic E-state index is 11.9. The molecule has 1 heterocycles. The summed E-state index contributed by atoms with van der Waals surface area (Å²) in [7, 11) is 0. The van der Waals surface area contributed by atoms with Crippen LogP contribution in [-0.2, 0) is 14.3 Å². The Morgan fingerprint density at radius 1 is 1.25 bits per heavy atom. The summed E-state index contributed by atoms with van der Waals surface area (Å²) >= 11 is 0. The van der Waals surface area contributed by atoms with Gasteiger partial charge >= 0.3 is 5.97 Å². The number of carboxylic acids is 1. The summed E-state index contributed by atoms with van der Waals surface area (Å²) in [4.78, 5) is 23.5. The molecular weight excluding hydrogens is 310 g/mol. The fourth-order valence-corrected chi connectivity index (χ4v) is 2.65. The fourth-order valence-electron chi connectivity index (χ4n) is 2.65. The van der Waals surface area contributed by atoms with Gasteiger partial charge in [-0.05, 0) is 36.5 Å². The van der Waals surface area contributed by atoms with Crippen molar-refractivity contribution in [2.45, 2.75) is 32.6 Å². The zero-order chi connectivity index (χ0) is 17.6. The van der Waals surface area contributed by atoms with E-state index in [1.165, 1.54) is 5.56 Å². The first-order chi connectivity index (χ1) is 11.4. The number of aliphatic carboxylic acids is 1. The molecule has 1 amide bonds. The Labute approximate surface area is 142 Å². The standard InChI is InChI=1S/C18H25NO5/c1-13(2)14-3-5-15(6-4-14)24-11-16(20)19-12-18(17(21)22)7-9-23-10-8-18/h3-6,13H,7-12H2,1-2H3,(H,19,20)(H,21,22). The zero-order valence-electron chi connectivity index (χ0n) is 14.2. The molecule has 0 spiro atoms. The maximum atomic E-state index is 11.9. The van der Waals surface area contributed by atoms with Crippen LogP contribution in [0.1, 0.15) is 38.2 Å². The molecule has 6 heteroatoms. The molecule has 0 bridgehead atoms. The fraction of sp³-hybridized carbons (Fsp3) is 0.556. The van der Waals surface area contributed by atoms with E-state index in [1.807, 2.05) is 24.3 Å². The number of hydrogen-bond acceptors (Lipinski definition) is 4. The van der Waals surface area contributed by atoms with Gasteiger partial charge in [0.1, 0.15) is 5.75 Å². The number of rotatable bonds is 7. The predicted molar refractivity (Wildman–Crippen MR) is 89.2 cm³/mol. The molecule has 1 saturated heterocycles. The normalized spacial score (nSPS) is 16.6. The van der Waals surface area contributed by atoms with E-state index in [0.717, 1.165) is 0 Å². The van der Waals surface area contributed by atoms with Crippen molar-refractivity contribution in [3.8, 4) is 5.75 Å². The number of carbonyl (C=O) groups is 2. The van der Waals surface area contributed by atoms with E-state index in [1.54, 1.807) is 0 Å². The minimum Gasteiger partial charge on any atom is -0.484 e. The molecule has 2 rings (SSSR count). The van der Waals surface area contributed by atoms with Crippen molar-refractivity contribution >= 4 is 11.9 Å². The van der Waals surface area contributed by atoms with Gasteiger partial charge in [0.05, 0.1) is 5.41 Å². The highest BCUT2D eigenvalue weighted by molar-refractivity contribution is 5.80. The summed E-state index contributed by atoms with van der Waals surface area (Å²) in [6.07, 6.45) is 0.806. The van der Waals surface area contributed by atoms with Crippen molar-refractivity contribution in [1.82, 2.24) is 5.32 Å². The van der Waals surface area contributed by atoms with Crippen molar-refractivity contribution in [3.05, 3.63) is 29.8 Å². The minimum absolute atomic E-state index is 0.0974. The van der Waals surface area contributed by atoms with Gasteiger partial charge in [-0.2, -0.15) is 0 Å². The van der Waals surface area contributed by atoms with Crippen LogP contribution in [0.3, 0.4) is 0 Å². The molecule has 1 fully saturated rings. The third kappa shape index (κ3) is 4.71. The molecule has 6 nitrogen and oxygen atoms in total. The molecule has 1 aromatic carbocycles. The van der Waals surface area contributed by atoms with Crippen LogP contribution in [0, 0.1) is 5.41 Å². The number of carbonyl (C=O) groups excluding carboxylic acids is 1. The van der Waals surface area contributed by atoms with Gasteiger partial charge in [0.25, 0.3) is 5.91 Å². The Hall–Kier alpha value is -2.08. The monoisotopic (exact) mass is 335 g/mol. The first kappa shape index (κ1) is 18.3. The van der Waals surface area contributed by atoms with Gasteiger partial charge in [0, 0.05) is 19.8 Å². The van der Waals surface area contributed by atoms with E-state index in [2.05, 4.69) is 19.2 Å². The second kappa shape index (κ2) is 8.15. The Morgan fingerprint density at radius 3 is 2.42 bits per heavy atom. The highest BCUT2D eigenvalue weighted by Crippen LogP contribution is 2.30. The second-order valence-corrected chi connectivity index (χ2v) is 6.49. The number of nitrogens with one attached hydrogen (secondary N) is 1. The molecule has 132 valence electrons. The lowest BCUT2D eigenvalue weighted by Gasteiger charge is -2.33. The van der Waals surface area contributed by atoms with Crippen molar-refractivity contribution < 1.29 is 24.2 Å². The molecule has 0 aromatic heterocycles. The van der Waals surface area contributed by atoms with Crippen LogP contribution in [0.25, 0.3) is 0 Å². The number of ether oxygens (including phenoxy) is 2. The Kier molecular flexibility index (Phi) is 6.20. The van der Waals surface area contributed by atoms with Crippen LogP contribution < -0.4 is 10.1 Å². The molecule has 0 radical (unpaired) electrons. The second-order valence-electron chi connectivity index (χ2n) is 6.49. The maximum Gasteiger partial charge on any atom is 0.311 e. The van der Waals surface area contributed by atoms with E-state index in [0.29, 0.717) is 37.7 Å². The van der Waals surface area contributed by atoms with Crippen molar-refractivity contribution in [2.75, 3.05) is 26.4 Å². The van der Waals surface area contributed by atoms with Gasteiger partial charge in [-0.3, -0.25) is 9.59 Å². The third-order valence-corrected chi connectivity index (χ3v) is 4.44. The molecular formula is C18H25NO5. The van der Waals surface area contributed by atoms with Crippen LogP contribution in [0.4, 0.5) is 0 Å². The first-order valence-electron chi connectivity index (χ1n) is 8.23. The van der Waals surface area contributed by atoms with Crippen LogP contribution >= 0.6 is 0 Å². The van der Waals surface area contributed by atoms with Gasteiger partial charge in [-0.25, -0.2) is 0 Å². The predicted octanol–water partition coefficient (Wildman–Crippen LogP) is 2.19. The summed E-state index contributed by atoms with van der Waals surface area (Å²) in [6.45, 7) is 4.99. The van der Waals surface area contributed by atoms with Gasteiger partial charge in [0.15, 0.2) is 6.61 Å². The Balaban J connectivity index is 1.81.